The lowest BCUT2D eigenvalue weighted by atomic mass is 9.52. The molecule has 2 heterocycles. The summed E-state index contributed by atoms with van der Waals surface area (Å²) in [7, 11) is -4.11. The minimum atomic E-state index is -4.11. The van der Waals surface area contributed by atoms with Gasteiger partial charge in [-0.3, -0.25) is 4.79 Å². The van der Waals surface area contributed by atoms with Crippen LogP contribution in [0.2, 0.25) is 0 Å². The van der Waals surface area contributed by atoms with Crippen LogP contribution >= 0.6 is 0 Å². The maximum Gasteiger partial charge on any atom is 0.264 e. The van der Waals surface area contributed by atoms with Crippen molar-refractivity contribution in [2.45, 2.75) is 89.7 Å². The van der Waals surface area contributed by atoms with Crippen LogP contribution in [-0.2, 0) is 10.0 Å². The fraction of sp³-hybridized carbons (Fsp3) is 0.485. The molecule has 2 aliphatic carbocycles. The molecule has 6 rings (SSSR count). The van der Waals surface area contributed by atoms with Gasteiger partial charge in [-0.1, -0.05) is 45.0 Å². The number of amides is 1. The SMILES string of the molecule is Cc1cccc(C)c1-c1cc2nc(n1)NS(=O)(=O)c1cccc(c1)C(=O)N(C1CC3(CC(N)C3)C1)[C@H](CC(C)(C)C)CO2. The molecule has 0 saturated heterocycles. The molecule has 1 aliphatic heterocycles. The van der Waals surface area contributed by atoms with E-state index in [2.05, 4.69) is 35.5 Å². The average Bonchev–Trinajstić information content (AvgIpc) is 2.88. The molecule has 9 nitrogen and oxygen atoms in total. The Labute approximate surface area is 254 Å². The number of nitrogens with two attached hydrogens (primary N) is 1. The number of carbonyl (C=O) groups excluding carboxylic acids is 1. The van der Waals surface area contributed by atoms with Crippen molar-refractivity contribution in [1.29, 1.82) is 0 Å². The van der Waals surface area contributed by atoms with E-state index < -0.39 is 10.0 Å². The summed E-state index contributed by atoms with van der Waals surface area (Å²) in [6.07, 6.45) is 4.44. The number of rotatable bonds is 3. The molecule has 1 spiro atoms. The van der Waals surface area contributed by atoms with Crippen LogP contribution in [0.4, 0.5) is 5.95 Å². The molecular weight excluding hydrogens is 562 g/mol. The molecule has 3 aromatic rings. The Morgan fingerprint density at radius 1 is 1.02 bits per heavy atom. The lowest BCUT2D eigenvalue weighted by Crippen LogP contribution is -2.63. The average molecular weight is 604 g/mol. The molecule has 2 saturated carbocycles. The molecule has 1 atom stereocenters. The van der Waals surface area contributed by atoms with E-state index >= 15 is 0 Å². The Bertz CT molecular complexity index is 1650. The number of hydrogen-bond acceptors (Lipinski definition) is 7. The number of aryl methyl sites for hydroxylation is 2. The van der Waals surface area contributed by atoms with E-state index in [1.54, 1.807) is 18.2 Å². The van der Waals surface area contributed by atoms with Gasteiger partial charge in [-0.05, 0) is 86.1 Å². The Hall–Kier alpha value is -3.50. The van der Waals surface area contributed by atoms with Crippen molar-refractivity contribution in [3.63, 3.8) is 0 Å². The van der Waals surface area contributed by atoms with Crippen LogP contribution < -0.4 is 15.2 Å². The van der Waals surface area contributed by atoms with Gasteiger partial charge < -0.3 is 15.4 Å². The van der Waals surface area contributed by atoms with Crippen molar-refractivity contribution in [3.05, 3.63) is 65.2 Å². The van der Waals surface area contributed by atoms with Crippen LogP contribution in [0.25, 0.3) is 11.3 Å². The third-order valence-electron chi connectivity index (χ3n) is 9.08. The molecule has 0 unspecified atom stereocenters. The third-order valence-corrected chi connectivity index (χ3v) is 10.4. The number of ether oxygens (including phenoxy) is 1. The van der Waals surface area contributed by atoms with Crippen LogP contribution in [0, 0.1) is 24.7 Å². The molecule has 3 N–H and O–H groups in total. The molecule has 0 radical (unpaired) electrons. The first-order valence-corrected chi connectivity index (χ1v) is 16.5. The van der Waals surface area contributed by atoms with Crippen LogP contribution in [0.3, 0.4) is 0 Å². The quantitative estimate of drug-likeness (QED) is 0.406. The molecule has 4 bridgehead atoms. The van der Waals surface area contributed by atoms with Gasteiger partial charge in [0, 0.05) is 29.3 Å². The van der Waals surface area contributed by atoms with Gasteiger partial charge >= 0.3 is 0 Å². The summed E-state index contributed by atoms with van der Waals surface area (Å²) in [5.74, 6) is -0.0260. The standard InChI is InChI=1S/C33H41N5O4S/c1-20-8-6-9-21(2)29(20)27-13-28-36-31(35-27)37-43(40,41)26-11-7-10-22(12-26)30(39)38(25(19-42-28)16-32(3,4)5)24-17-33(18-24)14-23(34)15-33/h6-13,23-25H,14-19,34H2,1-5H3,(H,35,36,37)/t23?,24?,25-,33?/m1/s1. The largest absolute Gasteiger partial charge is 0.475 e. The zero-order valence-electron chi connectivity index (χ0n) is 25.6. The Morgan fingerprint density at radius 2 is 1.70 bits per heavy atom. The zero-order chi connectivity index (χ0) is 30.7. The van der Waals surface area contributed by atoms with Gasteiger partial charge in [0.05, 0.1) is 16.6 Å². The fourth-order valence-corrected chi connectivity index (χ4v) is 8.28. The van der Waals surface area contributed by atoms with Crippen LogP contribution in [0.15, 0.2) is 53.4 Å². The minimum Gasteiger partial charge on any atom is -0.475 e. The number of benzene rings is 2. The van der Waals surface area contributed by atoms with E-state index in [4.69, 9.17) is 10.5 Å². The molecule has 2 fully saturated rings. The van der Waals surface area contributed by atoms with Gasteiger partial charge in [0.15, 0.2) is 0 Å². The topological polar surface area (TPSA) is 128 Å². The molecule has 1 amide bonds. The Morgan fingerprint density at radius 3 is 2.35 bits per heavy atom. The van der Waals surface area contributed by atoms with E-state index in [0.29, 0.717) is 17.7 Å². The number of sulfonamides is 1. The van der Waals surface area contributed by atoms with Gasteiger partial charge in [0.2, 0.25) is 11.8 Å². The third kappa shape index (κ3) is 5.87. The van der Waals surface area contributed by atoms with Gasteiger partial charge in [-0.2, -0.15) is 4.98 Å². The number of fused-ring (bicyclic) bond motifs is 4. The van der Waals surface area contributed by atoms with E-state index in [9.17, 15) is 13.2 Å². The maximum atomic E-state index is 14.3. The fourth-order valence-electron chi connectivity index (χ4n) is 7.29. The number of nitrogens with zero attached hydrogens (tertiary/aromatic N) is 3. The van der Waals surface area contributed by atoms with E-state index in [-0.39, 0.29) is 58.2 Å². The van der Waals surface area contributed by atoms with Crippen molar-refractivity contribution in [2.75, 3.05) is 11.3 Å². The highest BCUT2D eigenvalue weighted by Gasteiger charge is 2.55. The summed E-state index contributed by atoms with van der Waals surface area (Å²) in [6, 6.07) is 13.9. The van der Waals surface area contributed by atoms with E-state index in [0.717, 1.165) is 42.4 Å². The summed E-state index contributed by atoms with van der Waals surface area (Å²) < 4.78 is 36.1. The highest BCUT2D eigenvalue weighted by Crippen LogP contribution is 2.57. The predicted molar refractivity (Wildman–Crippen MR) is 166 cm³/mol. The van der Waals surface area contributed by atoms with Crippen LogP contribution in [0.5, 0.6) is 5.88 Å². The molecular formula is C33H41N5O4S. The smallest absolute Gasteiger partial charge is 0.264 e. The summed E-state index contributed by atoms with van der Waals surface area (Å²) in [6.45, 7) is 10.7. The number of aromatic nitrogens is 2. The first kappa shape index (κ1) is 29.6. The molecule has 10 heteroatoms. The maximum absolute atomic E-state index is 14.3. The first-order chi connectivity index (χ1) is 20.2. The van der Waals surface area contributed by atoms with E-state index in [1.807, 2.05) is 36.9 Å². The second kappa shape index (κ2) is 10.6. The number of anilines is 1. The molecule has 3 aliphatic rings. The van der Waals surface area contributed by atoms with Crippen molar-refractivity contribution in [2.24, 2.45) is 16.6 Å². The van der Waals surface area contributed by atoms with Crippen LogP contribution in [-0.4, -0.2) is 53.9 Å². The van der Waals surface area contributed by atoms with Crippen molar-refractivity contribution < 1.29 is 17.9 Å². The van der Waals surface area contributed by atoms with Crippen molar-refractivity contribution >= 4 is 21.9 Å². The lowest BCUT2D eigenvalue weighted by molar-refractivity contribution is -0.0737. The Kier molecular flexibility index (Phi) is 7.28. The second-order valence-corrected chi connectivity index (χ2v) is 15.7. The second-order valence-electron chi connectivity index (χ2n) is 14.0. The normalized spacial score (nSPS) is 26.6. The minimum absolute atomic E-state index is 0.0191. The van der Waals surface area contributed by atoms with Crippen LogP contribution in [0.1, 0.15) is 74.4 Å². The van der Waals surface area contributed by atoms with Gasteiger partial charge in [-0.25, -0.2) is 18.1 Å². The van der Waals surface area contributed by atoms with Crippen molar-refractivity contribution in [3.8, 4) is 17.1 Å². The highest BCUT2D eigenvalue weighted by atomic mass is 32.2. The molecule has 228 valence electrons. The summed E-state index contributed by atoms with van der Waals surface area (Å²) >= 11 is 0. The van der Waals surface area contributed by atoms with Gasteiger partial charge in [0.1, 0.15) is 6.61 Å². The van der Waals surface area contributed by atoms with Crippen molar-refractivity contribution in [1.82, 2.24) is 14.9 Å². The summed E-state index contributed by atoms with van der Waals surface area (Å²) in [4.78, 5) is 25.4. The monoisotopic (exact) mass is 603 g/mol. The van der Waals surface area contributed by atoms with Gasteiger partial charge in [0.25, 0.3) is 15.9 Å². The van der Waals surface area contributed by atoms with Gasteiger partial charge in [-0.15, -0.1) is 0 Å². The lowest BCUT2D eigenvalue weighted by Gasteiger charge is -2.60. The zero-order valence-corrected chi connectivity index (χ0v) is 26.4. The van der Waals surface area contributed by atoms with E-state index in [1.165, 1.54) is 12.1 Å². The highest BCUT2D eigenvalue weighted by molar-refractivity contribution is 7.92. The first-order valence-electron chi connectivity index (χ1n) is 15.0. The number of nitrogens with one attached hydrogen (secondary N) is 1. The number of hydrogen-bond donors (Lipinski definition) is 2. The molecule has 43 heavy (non-hydrogen) atoms. The molecule has 2 aromatic carbocycles. The predicted octanol–water partition coefficient (Wildman–Crippen LogP) is 5.47. The summed E-state index contributed by atoms with van der Waals surface area (Å²) in [5.41, 5.74) is 10.0. The number of carbonyl (C=O) groups is 1. The Balaban J connectivity index is 1.47. The molecule has 1 aromatic heterocycles. The summed E-state index contributed by atoms with van der Waals surface area (Å²) in [5, 5.41) is 0.